The van der Waals surface area contributed by atoms with Crippen LogP contribution < -0.4 is 0 Å². The number of hydrogen-bond acceptors (Lipinski definition) is 2. The van der Waals surface area contributed by atoms with Gasteiger partial charge < -0.3 is 9.53 Å². The molecule has 3 heteroatoms. The minimum atomic E-state index is -1.84. The second-order valence-corrected chi connectivity index (χ2v) is 14.3. The average molecular weight is 365 g/mol. The number of hydrogen-bond donors (Lipinski definition) is 1. The highest BCUT2D eigenvalue weighted by molar-refractivity contribution is 6.75. The second-order valence-electron chi connectivity index (χ2n) is 9.38. The van der Waals surface area contributed by atoms with E-state index in [1.807, 2.05) is 6.07 Å². The van der Waals surface area contributed by atoms with E-state index in [1.165, 1.54) is 5.56 Å². The first kappa shape index (κ1) is 22.4. The molecule has 1 N–H and O–H groups in total. The van der Waals surface area contributed by atoms with Crippen molar-refractivity contribution in [1.29, 1.82) is 0 Å². The predicted molar refractivity (Wildman–Crippen MR) is 112 cm³/mol. The molecule has 0 aliphatic rings. The van der Waals surface area contributed by atoms with Gasteiger partial charge in [-0.15, -0.1) is 0 Å². The van der Waals surface area contributed by atoms with E-state index in [4.69, 9.17) is 4.43 Å². The molecule has 0 spiro atoms. The molecular formula is C22H40O2Si. The third-order valence-corrected chi connectivity index (χ3v) is 11.1. The Morgan fingerprint density at radius 3 is 1.96 bits per heavy atom. The van der Waals surface area contributed by atoms with Gasteiger partial charge in [0.05, 0.1) is 12.2 Å². The van der Waals surface area contributed by atoms with Crippen LogP contribution in [0.4, 0.5) is 0 Å². The molecule has 0 radical (unpaired) electrons. The zero-order valence-electron chi connectivity index (χ0n) is 17.7. The molecule has 0 amide bonds. The monoisotopic (exact) mass is 364 g/mol. The van der Waals surface area contributed by atoms with Crippen LogP contribution in [-0.4, -0.2) is 25.6 Å². The average Bonchev–Trinajstić information content (AvgIpc) is 2.51. The van der Waals surface area contributed by atoms with Crippen molar-refractivity contribution >= 4 is 8.32 Å². The zero-order valence-corrected chi connectivity index (χ0v) is 18.7. The van der Waals surface area contributed by atoms with Crippen LogP contribution in [-0.2, 0) is 10.8 Å². The molecule has 0 saturated heterocycles. The highest BCUT2D eigenvalue weighted by Crippen LogP contribution is 2.38. The van der Waals surface area contributed by atoms with Crippen LogP contribution in [0.3, 0.4) is 0 Å². The van der Waals surface area contributed by atoms with Gasteiger partial charge in [-0.3, -0.25) is 0 Å². The number of aliphatic hydroxyl groups is 1. The summed E-state index contributed by atoms with van der Waals surface area (Å²) >= 11 is 0. The van der Waals surface area contributed by atoms with Crippen molar-refractivity contribution in [1.82, 2.24) is 0 Å². The van der Waals surface area contributed by atoms with Gasteiger partial charge in [-0.2, -0.15) is 0 Å². The number of aryl methyl sites for hydroxylation is 1. The highest BCUT2D eigenvalue weighted by atomic mass is 28.4. The molecule has 2 atom stereocenters. The molecule has 0 saturated carbocycles. The van der Waals surface area contributed by atoms with Crippen LogP contribution in [0.2, 0.25) is 17.6 Å². The van der Waals surface area contributed by atoms with Crippen molar-refractivity contribution in [2.75, 3.05) is 0 Å². The molecule has 0 aliphatic carbocycles. The number of aliphatic hydroxyl groups excluding tert-OH is 1. The molecule has 0 bridgehead atoms. The Kier molecular flexibility index (Phi) is 8.37. The SMILES string of the molecule is CC(C)[Si](C)(O[C@@H](C[C@@H](O)CCc1ccccc1)C(C)(C)C)C(C)C. The Hall–Kier alpha value is -0.643. The summed E-state index contributed by atoms with van der Waals surface area (Å²) in [5, 5.41) is 10.7. The smallest absolute Gasteiger partial charge is 0.195 e. The first-order valence-electron chi connectivity index (χ1n) is 9.86. The van der Waals surface area contributed by atoms with Crippen LogP contribution in [0.5, 0.6) is 0 Å². The van der Waals surface area contributed by atoms with Gasteiger partial charge >= 0.3 is 0 Å². The van der Waals surface area contributed by atoms with Crippen LogP contribution in [0.1, 0.15) is 66.9 Å². The molecule has 25 heavy (non-hydrogen) atoms. The molecule has 0 aromatic heterocycles. The van der Waals surface area contributed by atoms with Gasteiger partial charge in [0.25, 0.3) is 0 Å². The van der Waals surface area contributed by atoms with E-state index in [-0.39, 0.29) is 17.6 Å². The van der Waals surface area contributed by atoms with Gasteiger partial charge in [-0.05, 0) is 47.9 Å². The summed E-state index contributed by atoms with van der Waals surface area (Å²) in [5.41, 5.74) is 2.46. The molecule has 0 heterocycles. The second kappa shape index (κ2) is 9.34. The maximum atomic E-state index is 10.7. The Bertz CT molecular complexity index is 482. The fourth-order valence-electron chi connectivity index (χ4n) is 3.17. The molecule has 2 nitrogen and oxygen atoms in total. The maximum absolute atomic E-state index is 10.7. The summed E-state index contributed by atoms with van der Waals surface area (Å²) in [6, 6.07) is 10.4. The van der Waals surface area contributed by atoms with Gasteiger partial charge in [0, 0.05) is 0 Å². The highest BCUT2D eigenvalue weighted by Gasteiger charge is 2.42. The van der Waals surface area contributed by atoms with E-state index in [2.05, 4.69) is 79.3 Å². The van der Waals surface area contributed by atoms with E-state index in [9.17, 15) is 5.11 Å². The first-order valence-corrected chi connectivity index (χ1v) is 12.4. The minimum Gasteiger partial charge on any atom is -0.413 e. The van der Waals surface area contributed by atoms with Crippen molar-refractivity contribution in [2.24, 2.45) is 5.41 Å². The molecular weight excluding hydrogens is 324 g/mol. The number of rotatable bonds is 9. The molecule has 0 fully saturated rings. The van der Waals surface area contributed by atoms with Crippen LogP contribution in [0.25, 0.3) is 0 Å². The van der Waals surface area contributed by atoms with Crippen LogP contribution in [0, 0.1) is 5.41 Å². The van der Waals surface area contributed by atoms with Crippen molar-refractivity contribution in [3.05, 3.63) is 35.9 Å². The van der Waals surface area contributed by atoms with Crippen LogP contribution >= 0.6 is 0 Å². The van der Waals surface area contributed by atoms with E-state index >= 15 is 0 Å². The largest absolute Gasteiger partial charge is 0.413 e. The third-order valence-electron chi connectivity index (χ3n) is 5.75. The fourth-order valence-corrected chi connectivity index (χ4v) is 6.11. The summed E-state index contributed by atoms with van der Waals surface area (Å²) < 4.78 is 6.83. The van der Waals surface area contributed by atoms with E-state index < -0.39 is 8.32 Å². The third kappa shape index (κ3) is 6.88. The lowest BCUT2D eigenvalue weighted by Crippen LogP contribution is -2.48. The van der Waals surface area contributed by atoms with Crippen molar-refractivity contribution in [2.45, 2.75) is 97.6 Å². The van der Waals surface area contributed by atoms with Crippen molar-refractivity contribution < 1.29 is 9.53 Å². The lowest BCUT2D eigenvalue weighted by Gasteiger charge is -2.43. The van der Waals surface area contributed by atoms with Crippen molar-refractivity contribution in [3.63, 3.8) is 0 Å². The predicted octanol–water partition coefficient (Wildman–Crippen LogP) is 6.20. The van der Waals surface area contributed by atoms with Gasteiger partial charge in [-0.1, -0.05) is 78.8 Å². The summed E-state index contributed by atoms with van der Waals surface area (Å²) in [4.78, 5) is 0. The molecule has 0 aliphatic heterocycles. The Morgan fingerprint density at radius 1 is 1.00 bits per heavy atom. The normalized spacial score (nSPS) is 15.6. The van der Waals surface area contributed by atoms with E-state index in [0.29, 0.717) is 11.1 Å². The summed E-state index contributed by atoms with van der Waals surface area (Å²) in [6.07, 6.45) is 2.21. The number of benzene rings is 1. The maximum Gasteiger partial charge on any atom is 0.195 e. The van der Waals surface area contributed by atoms with Gasteiger partial charge in [0.15, 0.2) is 8.32 Å². The molecule has 144 valence electrons. The van der Waals surface area contributed by atoms with Gasteiger partial charge in [0.1, 0.15) is 0 Å². The zero-order chi connectivity index (χ0) is 19.3. The van der Waals surface area contributed by atoms with Crippen LogP contribution in [0.15, 0.2) is 30.3 Å². The summed E-state index contributed by atoms with van der Waals surface area (Å²) in [6.45, 7) is 18.2. The van der Waals surface area contributed by atoms with Gasteiger partial charge in [-0.25, -0.2) is 0 Å². The quantitative estimate of drug-likeness (QED) is 0.529. The lowest BCUT2D eigenvalue weighted by molar-refractivity contribution is 0.0194. The van der Waals surface area contributed by atoms with E-state index in [0.717, 1.165) is 19.3 Å². The van der Waals surface area contributed by atoms with Gasteiger partial charge in [0.2, 0.25) is 0 Å². The molecule has 1 rings (SSSR count). The molecule has 0 unspecified atom stereocenters. The minimum absolute atomic E-state index is 0.0335. The topological polar surface area (TPSA) is 29.5 Å². The summed E-state index contributed by atoms with van der Waals surface area (Å²) in [5.74, 6) is 0. The lowest BCUT2D eigenvalue weighted by atomic mass is 9.85. The standard InChI is InChI=1S/C22H40O2Si/c1-17(2)25(8,18(3)4)24-21(22(5,6)7)16-20(23)15-14-19-12-10-9-11-13-19/h9-13,17-18,20-21,23H,14-16H2,1-8H3/t20-,21-/m0/s1. The van der Waals surface area contributed by atoms with E-state index in [1.54, 1.807) is 0 Å². The first-order chi connectivity index (χ1) is 11.5. The molecule has 1 aromatic carbocycles. The Labute approximate surface area is 157 Å². The van der Waals surface area contributed by atoms with Crippen molar-refractivity contribution in [3.8, 4) is 0 Å². The fraction of sp³-hybridized carbons (Fsp3) is 0.727. The Morgan fingerprint density at radius 2 is 1.52 bits per heavy atom. The summed E-state index contributed by atoms with van der Waals surface area (Å²) in [7, 11) is -1.84. The molecule has 1 aromatic rings. The Balaban J connectivity index is 2.76.